The van der Waals surface area contributed by atoms with Crippen molar-refractivity contribution in [1.29, 1.82) is 0 Å². The first-order chi connectivity index (χ1) is 11.3. The Morgan fingerprint density at radius 3 is 2.65 bits per heavy atom. The molecule has 0 fully saturated rings. The first kappa shape index (κ1) is 19.6. The minimum Gasteiger partial charge on any atom is -0.466 e. The number of carbonyl (C=O) groups excluding carboxylic acids is 1. The normalized spacial score (nSPS) is 12.1. The van der Waals surface area contributed by atoms with Gasteiger partial charge in [-0.1, -0.05) is 25.3 Å². The molecule has 23 heavy (non-hydrogen) atoms. The largest absolute Gasteiger partial charge is 0.466 e. The summed E-state index contributed by atoms with van der Waals surface area (Å²) in [5.41, 5.74) is 6.83. The molecule has 1 aromatic rings. The van der Waals surface area contributed by atoms with Crippen molar-refractivity contribution in [3.63, 3.8) is 0 Å². The SMILES string of the molecule is CCOC(=O)CC(CCCCCN)CCCCc1cccnc1. The maximum absolute atomic E-state index is 11.7. The molecule has 4 nitrogen and oxygen atoms in total. The number of pyridine rings is 1. The molecule has 1 unspecified atom stereocenters. The Labute approximate surface area is 140 Å². The second-order valence-electron chi connectivity index (χ2n) is 6.12. The predicted octanol–water partition coefficient (Wildman–Crippen LogP) is 3.88. The summed E-state index contributed by atoms with van der Waals surface area (Å²) in [5.74, 6) is 0.393. The van der Waals surface area contributed by atoms with E-state index in [1.165, 1.54) is 5.56 Å². The summed E-state index contributed by atoms with van der Waals surface area (Å²) in [4.78, 5) is 15.9. The third-order valence-electron chi connectivity index (χ3n) is 4.13. The first-order valence-corrected chi connectivity index (χ1v) is 9.00. The quantitative estimate of drug-likeness (QED) is 0.442. The van der Waals surface area contributed by atoms with Gasteiger partial charge in [0.05, 0.1) is 6.61 Å². The molecule has 0 spiro atoms. The standard InChI is InChI=1S/C19H32N2O2/c1-2-23-19(22)15-17(9-4-3-7-13-20)10-5-6-11-18-12-8-14-21-16-18/h8,12,14,16-17H,2-7,9-11,13,15,20H2,1H3. The lowest BCUT2D eigenvalue weighted by atomic mass is 9.91. The number of aryl methyl sites for hydroxylation is 1. The Bertz CT molecular complexity index is 409. The molecule has 1 aromatic heterocycles. The minimum atomic E-state index is -0.0522. The molecule has 0 radical (unpaired) electrons. The van der Waals surface area contributed by atoms with Crippen LogP contribution in [0.1, 0.15) is 63.9 Å². The van der Waals surface area contributed by atoms with Crippen LogP contribution in [0.2, 0.25) is 0 Å². The zero-order valence-electron chi connectivity index (χ0n) is 14.5. The lowest BCUT2D eigenvalue weighted by molar-refractivity contribution is -0.144. The summed E-state index contributed by atoms with van der Waals surface area (Å²) in [5, 5.41) is 0. The van der Waals surface area contributed by atoms with Crippen molar-refractivity contribution in [2.75, 3.05) is 13.2 Å². The van der Waals surface area contributed by atoms with Crippen molar-refractivity contribution in [2.24, 2.45) is 11.7 Å². The van der Waals surface area contributed by atoms with Crippen LogP contribution in [0.4, 0.5) is 0 Å². The highest BCUT2D eigenvalue weighted by Gasteiger charge is 2.14. The van der Waals surface area contributed by atoms with Crippen LogP contribution in [-0.2, 0) is 16.0 Å². The van der Waals surface area contributed by atoms with Gasteiger partial charge in [0, 0.05) is 18.8 Å². The van der Waals surface area contributed by atoms with E-state index in [2.05, 4.69) is 11.1 Å². The highest BCUT2D eigenvalue weighted by atomic mass is 16.5. The molecule has 4 heteroatoms. The van der Waals surface area contributed by atoms with Crippen molar-refractivity contribution in [3.8, 4) is 0 Å². The van der Waals surface area contributed by atoms with Crippen molar-refractivity contribution in [2.45, 2.75) is 64.7 Å². The van der Waals surface area contributed by atoms with Gasteiger partial charge in [0.1, 0.15) is 0 Å². The first-order valence-electron chi connectivity index (χ1n) is 9.00. The van der Waals surface area contributed by atoms with Crippen molar-refractivity contribution in [3.05, 3.63) is 30.1 Å². The molecule has 1 atom stereocenters. The van der Waals surface area contributed by atoms with Gasteiger partial charge in [0.2, 0.25) is 0 Å². The molecular weight excluding hydrogens is 288 g/mol. The minimum absolute atomic E-state index is 0.0522. The van der Waals surface area contributed by atoms with Gasteiger partial charge < -0.3 is 10.5 Å². The molecule has 1 heterocycles. The van der Waals surface area contributed by atoms with Crippen LogP contribution in [0.5, 0.6) is 0 Å². The number of aromatic nitrogens is 1. The Balaban J connectivity index is 2.27. The average Bonchev–Trinajstić information content (AvgIpc) is 2.56. The van der Waals surface area contributed by atoms with Gasteiger partial charge in [-0.3, -0.25) is 9.78 Å². The molecule has 130 valence electrons. The molecule has 0 amide bonds. The van der Waals surface area contributed by atoms with Crippen LogP contribution >= 0.6 is 0 Å². The maximum atomic E-state index is 11.7. The lowest BCUT2D eigenvalue weighted by Crippen LogP contribution is -2.12. The maximum Gasteiger partial charge on any atom is 0.306 e. The third-order valence-corrected chi connectivity index (χ3v) is 4.13. The molecule has 0 saturated carbocycles. The Morgan fingerprint density at radius 1 is 1.22 bits per heavy atom. The Morgan fingerprint density at radius 2 is 2.00 bits per heavy atom. The van der Waals surface area contributed by atoms with Gasteiger partial charge in [-0.15, -0.1) is 0 Å². The number of hydrogen-bond donors (Lipinski definition) is 1. The van der Waals surface area contributed by atoms with E-state index in [-0.39, 0.29) is 5.97 Å². The number of rotatable bonds is 13. The molecule has 2 N–H and O–H groups in total. The highest BCUT2D eigenvalue weighted by molar-refractivity contribution is 5.69. The summed E-state index contributed by atoms with van der Waals surface area (Å²) in [6.45, 7) is 3.09. The van der Waals surface area contributed by atoms with Crippen LogP contribution in [0.3, 0.4) is 0 Å². The van der Waals surface area contributed by atoms with E-state index in [0.717, 1.165) is 57.9 Å². The molecular formula is C19H32N2O2. The smallest absolute Gasteiger partial charge is 0.306 e. The lowest BCUT2D eigenvalue weighted by Gasteiger charge is -2.16. The van der Waals surface area contributed by atoms with Crippen molar-refractivity contribution in [1.82, 2.24) is 4.98 Å². The van der Waals surface area contributed by atoms with Gasteiger partial charge in [-0.05, 0) is 63.1 Å². The zero-order chi connectivity index (χ0) is 16.8. The van der Waals surface area contributed by atoms with E-state index in [4.69, 9.17) is 10.5 Å². The Kier molecular flexibility index (Phi) is 11.1. The fourth-order valence-corrected chi connectivity index (χ4v) is 2.87. The van der Waals surface area contributed by atoms with E-state index in [1.807, 2.05) is 19.2 Å². The van der Waals surface area contributed by atoms with Crippen LogP contribution in [-0.4, -0.2) is 24.1 Å². The van der Waals surface area contributed by atoms with Gasteiger partial charge >= 0.3 is 5.97 Å². The summed E-state index contributed by atoms with van der Waals surface area (Å²) in [6, 6.07) is 4.10. The molecule has 0 aliphatic heterocycles. The van der Waals surface area contributed by atoms with Gasteiger partial charge in [-0.25, -0.2) is 0 Å². The molecule has 0 saturated heterocycles. The van der Waals surface area contributed by atoms with E-state index >= 15 is 0 Å². The number of nitrogens with two attached hydrogens (primary N) is 1. The number of nitrogens with zero attached hydrogens (tertiary/aromatic N) is 1. The van der Waals surface area contributed by atoms with Gasteiger partial charge in [0.15, 0.2) is 0 Å². The van der Waals surface area contributed by atoms with Crippen molar-refractivity contribution >= 4 is 5.97 Å². The van der Waals surface area contributed by atoms with Crippen LogP contribution in [0, 0.1) is 5.92 Å². The second-order valence-corrected chi connectivity index (χ2v) is 6.12. The monoisotopic (exact) mass is 320 g/mol. The molecule has 0 aliphatic rings. The summed E-state index contributed by atoms with van der Waals surface area (Å²) < 4.78 is 5.11. The molecule has 0 bridgehead atoms. The van der Waals surface area contributed by atoms with E-state index < -0.39 is 0 Å². The van der Waals surface area contributed by atoms with Crippen LogP contribution < -0.4 is 5.73 Å². The molecule has 0 aromatic carbocycles. The average molecular weight is 320 g/mol. The van der Waals surface area contributed by atoms with Crippen LogP contribution in [0.15, 0.2) is 24.5 Å². The van der Waals surface area contributed by atoms with E-state index in [1.54, 1.807) is 6.20 Å². The molecule has 1 rings (SSSR count). The van der Waals surface area contributed by atoms with E-state index in [0.29, 0.717) is 18.9 Å². The summed E-state index contributed by atoms with van der Waals surface area (Å²) >= 11 is 0. The number of ether oxygens (including phenoxy) is 1. The van der Waals surface area contributed by atoms with Gasteiger partial charge in [-0.2, -0.15) is 0 Å². The second kappa shape index (κ2) is 13.1. The van der Waals surface area contributed by atoms with Crippen molar-refractivity contribution < 1.29 is 9.53 Å². The summed E-state index contributed by atoms with van der Waals surface area (Å²) in [6.07, 6.45) is 13.2. The predicted molar refractivity (Wildman–Crippen MR) is 94.1 cm³/mol. The highest BCUT2D eigenvalue weighted by Crippen LogP contribution is 2.21. The number of hydrogen-bond acceptors (Lipinski definition) is 4. The third kappa shape index (κ3) is 10.1. The fraction of sp³-hybridized carbons (Fsp3) is 0.684. The number of unbranched alkanes of at least 4 members (excludes halogenated alkanes) is 3. The van der Waals surface area contributed by atoms with Gasteiger partial charge in [0.25, 0.3) is 0 Å². The fourth-order valence-electron chi connectivity index (χ4n) is 2.87. The Hall–Kier alpha value is -1.42. The molecule has 0 aliphatic carbocycles. The topological polar surface area (TPSA) is 65.2 Å². The number of carbonyl (C=O) groups is 1. The summed E-state index contributed by atoms with van der Waals surface area (Å²) in [7, 11) is 0. The van der Waals surface area contributed by atoms with Crippen LogP contribution in [0.25, 0.3) is 0 Å². The van der Waals surface area contributed by atoms with E-state index in [9.17, 15) is 4.79 Å². The zero-order valence-corrected chi connectivity index (χ0v) is 14.5. The number of esters is 1.